The first kappa shape index (κ1) is 13.2. The smallest absolute Gasteiger partial charge is 0.337 e. The van der Waals surface area contributed by atoms with E-state index < -0.39 is 0 Å². The number of nitrogens with zero attached hydrogens (tertiary/aromatic N) is 1. The van der Waals surface area contributed by atoms with Gasteiger partial charge in [0.1, 0.15) is 0 Å². The number of rotatable bonds is 4. The molecule has 0 unspecified atom stereocenters. The number of ether oxygens (including phenoxy) is 1. The molecule has 0 saturated carbocycles. The van der Waals surface area contributed by atoms with Gasteiger partial charge in [-0.3, -0.25) is 4.79 Å². The summed E-state index contributed by atoms with van der Waals surface area (Å²) in [4.78, 5) is 26.8. The van der Waals surface area contributed by atoms with Gasteiger partial charge in [0, 0.05) is 18.1 Å². The summed E-state index contributed by atoms with van der Waals surface area (Å²) in [6.07, 6.45) is 1.59. The lowest BCUT2D eigenvalue weighted by Crippen LogP contribution is -2.22. The van der Waals surface area contributed by atoms with Crippen LogP contribution in [0.25, 0.3) is 0 Å². The Bertz CT molecular complexity index is 564. The van der Waals surface area contributed by atoms with E-state index in [2.05, 4.69) is 15.0 Å². The minimum atomic E-state index is -0.377. The number of hydrogen-bond acceptors (Lipinski definition) is 5. The van der Waals surface area contributed by atoms with Crippen molar-refractivity contribution in [2.75, 3.05) is 7.11 Å². The average molecular weight is 276 g/mol. The molecular weight excluding hydrogens is 264 g/mol. The zero-order valence-electron chi connectivity index (χ0n) is 10.3. The van der Waals surface area contributed by atoms with E-state index in [0.717, 1.165) is 5.56 Å². The van der Waals surface area contributed by atoms with Crippen LogP contribution in [0.4, 0.5) is 0 Å². The van der Waals surface area contributed by atoms with Crippen LogP contribution in [0.1, 0.15) is 25.7 Å². The van der Waals surface area contributed by atoms with Crippen LogP contribution in [-0.2, 0) is 11.3 Å². The van der Waals surface area contributed by atoms with Gasteiger partial charge in [0.2, 0.25) is 0 Å². The quantitative estimate of drug-likeness (QED) is 0.865. The van der Waals surface area contributed by atoms with E-state index in [1.165, 1.54) is 18.4 Å². The van der Waals surface area contributed by atoms with Crippen LogP contribution < -0.4 is 5.32 Å². The zero-order valence-corrected chi connectivity index (χ0v) is 11.1. The number of methoxy groups -OCH3 is 1. The van der Waals surface area contributed by atoms with Crippen molar-refractivity contribution in [2.45, 2.75) is 6.54 Å². The molecule has 19 heavy (non-hydrogen) atoms. The molecule has 0 fully saturated rings. The summed E-state index contributed by atoms with van der Waals surface area (Å²) in [6, 6.07) is 6.87. The molecular formula is C13H12N2O3S. The Morgan fingerprint density at radius 2 is 2.05 bits per heavy atom. The highest BCUT2D eigenvalue weighted by Gasteiger charge is 2.08. The maximum Gasteiger partial charge on any atom is 0.337 e. The van der Waals surface area contributed by atoms with Gasteiger partial charge in [-0.2, -0.15) is 0 Å². The molecule has 0 aliphatic heterocycles. The van der Waals surface area contributed by atoms with E-state index in [-0.39, 0.29) is 11.9 Å². The summed E-state index contributed by atoms with van der Waals surface area (Å²) >= 11 is 1.29. The topological polar surface area (TPSA) is 68.3 Å². The molecule has 2 rings (SSSR count). The van der Waals surface area contributed by atoms with Crippen LogP contribution in [0.3, 0.4) is 0 Å². The Hall–Kier alpha value is -2.21. The first-order valence-corrected chi connectivity index (χ1v) is 6.43. The monoisotopic (exact) mass is 276 g/mol. The van der Waals surface area contributed by atoms with Crippen LogP contribution in [0.2, 0.25) is 0 Å². The lowest BCUT2D eigenvalue weighted by atomic mass is 10.1. The van der Waals surface area contributed by atoms with E-state index >= 15 is 0 Å². The largest absolute Gasteiger partial charge is 0.465 e. The average Bonchev–Trinajstić information content (AvgIpc) is 2.98. The SMILES string of the molecule is COC(=O)c1ccc(CNC(=O)c2nccs2)cc1. The fraction of sp³-hybridized carbons (Fsp3) is 0.154. The van der Waals surface area contributed by atoms with Crippen molar-refractivity contribution in [3.8, 4) is 0 Å². The number of aromatic nitrogens is 1. The summed E-state index contributed by atoms with van der Waals surface area (Å²) in [6.45, 7) is 0.389. The van der Waals surface area contributed by atoms with E-state index in [9.17, 15) is 9.59 Å². The predicted molar refractivity (Wildman–Crippen MR) is 71.1 cm³/mol. The molecule has 0 aliphatic carbocycles. The number of nitrogens with one attached hydrogen (secondary N) is 1. The van der Waals surface area contributed by atoms with Crippen molar-refractivity contribution in [1.82, 2.24) is 10.3 Å². The van der Waals surface area contributed by atoms with Gasteiger partial charge in [0.25, 0.3) is 5.91 Å². The summed E-state index contributed by atoms with van der Waals surface area (Å²) < 4.78 is 4.61. The highest BCUT2D eigenvalue weighted by molar-refractivity contribution is 7.11. The Kier molecular flexibility index (Phi) is 4.25. The third kappa shape index (κ3) is 3.38. The number of benzene rings is 1. The Morgan fingerprint density at radius 1 is 1.32 bits per heavy atom. The molecule has 1 heterocycles. The van der Waals surface area contributed by atoms with Gasteiger partial charge in [-0.15, -0.1) is 11.3 Å². The second-order valence-electron chi connectivity index (χ2n) is 3.71. The molecule has 0 bridgehead atoms. The fourth-order valence-electron chi connectivity index (χ4n) is 1.47. The van der Waals surface area contributed by atoms with E-state index in [4.69, 9.17) is 0 Å². The van der Waals surface area contributed by atoms with Gasteiger partial charge < -0.3 is 10.1 Å². The summed E-state index contributed by atoms with van der Waals surface area (Å²) in [7, 11) is 1.34. The van der Waals surface area contributed by atoms with E-state index in [1.54, 1.807) is 35.8 Å². The molecule has 0 radical (unpaired) electrons. The normalized spacial score (nSPS) is 9.95. The van der Waals surface area contributed by atoms with Crippen LogP contribution in [0.15, 0.2) is 35.8 Å². The first-order valence-electron chi connectivity index (χ1n) is 5.55. The van der Waals surface area contributed by atoms with Gasteiger partial charge in [-0.25, -0.2) is 9.78 Å². The van der Waals surface area contributed by atoms with Crippen LogP contribution >= 0.6 is 11.3 Å². The lowest BCUT2D eigenvalue weighted by molar-refractivity contribution is 0.0600. The van der Waals surface area contributed by atoms with Gasteiger partial charge in [-0.1, -0.05) is 12.1 Å². The highest BCUT2D eigenvalue weighted by atomic mass is 32.1. The number of carbonyl (C=O) groups excluding carboxylic acids is 2. The van der Waals surface area contributed by atoms with Crippen molar-refractivity contribution in [3.05, 3.63) is 52.0 Å². The highest BCUT2D eigenvalue weighted by Crippen LogP contribution is 2.07. The molecule has 5 nitrogen and oxygen atoms in total. The maximum absolute atomic E-state index is 11.7. The Morgan fingerprint density at radius 3 is 2.63 bits per heavy atom. The maximum atomic E-state index is 11.7. The Labute approximate surface area is 114 Å². The molecule has 1 N–H and O–H groups in total. The van der Waals surface area contributed by atoms with Crippen molar-refractivity contribution >= 4 is 23.2 Å². The molecule has 6 heteroatoms. The molecule has 0 atom stereocenters. The molecule has 98 valence electrons. The summed E-state index contributed by atoms with van der Waals surface area (Å²) in [5, 5.41) is 4.94. The molecule has 0 saturated heterocycles. The summed E-state index contributed by atoms with van der Waals surface area (Å²) in [5.74, 6) is -0.578. The first-order chi connectivity index (χ1) is 9.20. The number of esters is 1. The molecule has 1 amide bonds. The zero-order chi connectivity index (χ0) is 13.7. The second kappa shape index (κ2) is 6.10. The van der Waals surface area contributed by atoms with Crippen molar-refractivity contribution in [2.24, 2.45) is 0 Å². The minimum Gasteiger partial charge on any atom is -0.465 e. The van der Waals surface area contributed by atoms with Gasteiger partial charge in [-0.05, 0) is 17.7 Å². The number of carbonyl (C=O) groups is 2. The predicted octanol–water partition coefficient (Wildman–Crippen LogP) is 1.86. The van der Waals surface area contributed by atoms with Crippen LogP contribution in [-0.4, -0.2) is 24.0 Å². The minimum absolute atomic E-state index is 0.202. The van der Waals surface area contributed by atoms with E-state index in [1.807, 2.05) is 0 Å². The Balaban J connectivity index is 1.93. The number of hydrogen-bond donors (Lipinski definition) is 1. The number of thiazole rings is 1. The fourth-order valence-corrected chi connectivity index (χ4v) is 2.02. The standard InChI is InChI=1S/C13H12N2O3S/c1-18-13(17)10-4-2-9(3-5-10)8-15-11(16)12-14-6-7-19-12/h2-7H,8H2,1H3,(H,15,16). The lowest BCUT2D eigenvalue weighted by Gasteiger charge is -2.04. The summed E-state index contributed by atoms with van der Waals surface area (Å²) in [5.41, 5.74) is 1.38. The van der Waals surface area contributed by atoms with Crippen LogP contribution in [0.5, 0.6) is 0 Å². The van der Waals surface area contributed by atoms with Crippen molar-refractivity contribution < 1.29 is 14.3 Å². The third-order valence-electron chi connectivity index (χ3n) is 2.45. The molecule has 2 aromatic rings. The second-order valence-corrected chi connectivity index (χ2v) is 4.60. The molecule has 1 aromatic heterocycles. The van der Waals surface area contributed by atoms with Crippen LogP contribution in [0, 0.1) is 0 Å². The van der Waals surface area contributed by atoms with Gasteiger partial charge >= 0.3 is 5.97 Å². The van der Waals surface area contributed by atoms with Crippen molar-refractivity contribution in [1.29, 1.82) is 0 Å². The van der Waals surface area contributed by atoms with Crippen molar-refractivity contribution in [3.63, 3.8) is 0 Å². The molecule has 1 aromatic carbocycles. The van der Waals surface area contributed by atoms with E-state index in [0.29, 0.717) is 17.1 Å². The molecule has 0 spiro atoms. The third-order valence-corrected chi connectivity index (χ3v) is 3.23. The molecule has 0 aliphatic rings. The van der Waals surface area contributed by atoms with Gasteiger partial charge in [0.05, 0.1) is 12.7 Å². The number of amides is 1. The van der Waals surface area contributed by atoms with Gasteiger partial charge in [0.15, 0.2) is 5.01 Å².